The second-order valence-corrected chi connectivity index (χ2v) is 9.70. The minimum absolute atomic E-state index is 0.0865. The van der Waals surface area contributed by atoms with Crippen LogP contribution in [0.25, 0.3) is 11.1 Å². The van der Waals surface area contributed by atoms with Gasteiger partial charge in [-0.3, -0.25) is 4.57 Å². The topological polar surface area (TPSA) is 98.6 Å². The van der Waals surface area contributed by atoms with Crippen molar-refractivity contribution >= 4 is 21.1 Å². The van der Waals surface area contributed by atoms with Crippen molar-refractivity contribution in [3.8, 4) is 0 Å². The number of benzene rings is 1. The molecule has 8 nitrogen and oxygen atoms in total. The van der Waals surface area contributed by atoms with E-state index in [1.807, 2.05) is 13.8 Å². The third-order valence-corrected chi connectivity index (χ3v) is 7.30. The van der Waals surface area contributed by atoms with Crippen LogP contribution >= 0.6 is 0 Å². The molecule has 0 bridgehead atoms. The lowest BCUT2D eigenvalue weighted by Crippen LogP contribution is -2.35. The molecule has 0 saturated carbocycles. The van der Waals surface area contributed by atoms with E-state index in [0.29, 0.717) is 29.9 Å². The van der Waals surface area contributed by atoms with Gasteiger partial charge in [-0.15, -0.1) is 0 Å². The highest BCUT2D eigenvalue weighted by atomic mass is 32.2. The highest BCUT2D eigenvalue weighted by Crippen LogP contribution is 2.35. The molecule has 1 aliphatic rings. The van der Waals surface area contributed by atoms with Crippen LogP contribution in [0.2, 0.25) is 0 Å². The van der Waals surface area contributed by atoms with Crippen molar-refractivity contribution in [1.29, 1.82) is 0 Å². The van der Waals surface area contributed by atoms with Gasteiger partial charge in [0.1, 0.15) is 11.5 Å². The van der Waals surface area contributed by atoms with Crippen molar-refractivity contribution in [3.63, 3.8) is 0 Å². The monoisotopic (exact) mass is 419 g/mol. The molecular weight excluding hydrogens is 394 g/mol. The molecule has 0 amide bonds. The van der Waals surface area contributed by atoms with E-state index in [9.17, 15) is 13.2 Å². The zero-order chi connectivity index (χ0) is 20.8. The quantitative estimate of drug-likeness (QED) is 0.638. The summed E-state index contributed by atoms with van der Waals surface area (Å²) in [6, 6.07) is 5.96. The molecule has 0 unspecified atom stereocenters. The molecule has 2 aromatic heterocycles. The highest BCUT2D eigenvalue weighted by Gasteiger charge is 2.35. The first-order valence-corrected chi connectivity index (χ1v) is 11.3. The Labute approximate surface area is 169 Å². The Morgan fingerprint density at radius 1 is 1.17 bits per heavy atom. The lowest BCUT2D eigenvalue weighted by atomic mass is 10.1. The largest absolute Gasteiger partial charge is 0.420 e. The zero-order valence-corrected chi connectivity index (χ0v) is 17.6. The van der Waals surface area contributed by atoms with Crippen LogP contribution in [-0.2, 0) is 10.0 Å². The molecule has 0 radical (unpaired) electrons. The molecule has 1 saturated heterocycles. The van der Waals surface area contributed by atoms with Crippen molar-refractivity contribution in [2.45, 2.75) is 63.4 Å². The van der Waals surface area contributed by atoms with E-state index in [1.54, 1.807) is 25.1 Å². The molecule has 156 valence electrons. The van der Waals surface area contributed by atoms with Crippen LogP contribution in [-0.4, -0.2) is 29.0 Å². The first-order valence-electron chi connectivity index (χ1n) is 9.89. The fourth-order valence-corrected chi connectivity index (χ4v) is 5.69. The molecule has 0 N–H and O–H groups in total. The van der Waals surface area contributed by atoms with Crippen molar-refractivity contribution in [2.24, 2.45) is 0 Å². The van der Waals surface area contributed by atoms with Gasteiger partial charge in [0.15, 0.2) is 5.58 Å². The lowest BCUT2D eigenvalue weighted by molar-refractivity contribution is 0.304. The fraction of sp³-hybridized carbons (Fsp3) is 0.500. The smallest absolute Gasteiger partial charge is 0.408 e. The molecule has 1 aliphatic heterocycles. The summed E-state index contributed by atoms with van der Waals surface area (Å²) >= 11 is 0. The van der Waals surface area contributed by atoms with Crippen LogP contribution < -0.4 is 5.76 Å². The molecule has 0 aliphatic carbocycles. The molecule has 3 heterocycles. The number of rotatable bonds is 4. The van der Waals surface area contributed by atoms with Crippen molar-refractivity contribution in [1.82, 2.24) is 14.0 Å². The van der Waals surface area contributed by atoms with E-state index in [-0.39, 0.29) is 22.6 Å². The average molecular weight is 420 g/mol. The standard InChI is InChI=1S/C20H25N3O5S/c1-13(2)23-18-9-8-15(12-19(18)27-20(23)24)29(25,26)22-10-6-4-5-7-17(22)16-11-14(3)28-21-16/h8-9,11-13,17H,4-7,10H2,1-3H3/t17-/m1/s1. The third kappa shape index (κ3) is 3.53. The van der Waals surface area contributed by atoms with Crippen LogP contribution in [0.5, 0.6) is 0 Å². The first kappa shape index (κ1) is 19.9. The van der Waals surface area contributed by atoms with Gasteiger partial charge in [-0.2, -0.15) is 4.31 Å². The second kappa shape index (κ2) is 7.46. The number of oxazole rings is 1. The Kier molecular flexibility index (Phi) is 5.12. The van der Waals surface area contributed by atoms with Gasteiger partial charge in [0.05, 0.1) is 16.5 Å². The van der Waals surface area contributed by atoms with Gasteiger partial charge in [-0.25, -0.2) is 13.2 Å². The number of hydrogen-bond acceptors (Lipinski definition) is 6. The van der Waals surface area contributed by atoms with E-state index < -0.39 is 15.8 Å². The molecule has 1 aromatic carbocycles. The molecule has 0 spiro atoms. The van der Waals surface area contributed by atoms with Crippen LogP contribution in [0.1, 0.15) is 63.1 Å². The van der Waals surface area contributed by atoms with Gasteiger partial charge in [-0.1, -0.05) is 18.0 Å². The fourth-order valence-electron chi connectivity index (χ4n) is 4.01. The normalized spacial score (nSPS) is 19.1. The second-order valence-electron chi connectivity index (χ2n) is 7.80. The molecule has 4 rings (SSSR count). The minimum atomic E-state index is -3.81. The predicted molar refractivity (Wildman–Crippen MR) is 107 cm³/mol. The number of aryl methyl sites for hydroxylation is 1. The molecule has 3 aromatic rings. The van der Waals surface area contributed by atoms with E-state index in [4.69, 9.17) is 8.94 Å². The first-order chi connectivity index (χ1) is 13.8. The molecule has 9 heteroatoms. The van der Waals surface area contributed by atoms with Crippen LogP contribution in [0.3, 0.4) is 0 Å². The van der Waals surface area contributed by atoms with Gasteiger partial charge in [0, 0.05) is 24.7 Å². The Hall–Kier alpha value is -2.39. The Morgan fingerprint density at radius 2 is 1.97 bits per heavy atom. The molecule has 29 heavy (non-hydrogen) atoms. The van der Waals surface area contributed by atoms with Crippen molar-refractivity contribution in [3.05, 3.63) is 46.3 Å². The van der Waals surface area contributed by atoms with E-state index >= 15 is 0 Å². The molecular formula is C20H25N3O5S. The summed E-state index contributed by atoms with van der Waals surface area (Å²) in [4.78, 5) is 12.3. The van der Waals surface area contributed by atoms with E-state index in [2.05, 4.69) is 5.16 Å². The van der Waals surface area contributed by atoms with Gasteiger partial charge >= 0.3 is 5.76 Å². The number of aromatic nitrogens is 2. The lowest BCUT2D eigenvalue weighted by Gasteiger charge is -2.27. The van der Waals surface area contributed by atoms with Crippen LogP contribution in [0, 0.1) is 6.92 Å². The Balaban J connectivity index is 1.78. The summed E-state index contributed by atoms with van der Waals surface area (Å²) in [7, 11) is -3.81. The Bertz CT molecular complexity index is 1190. The van der Waals surface area contributed by atoms with E-state index in [0.717, 1.165) is 19.3 Å². The molecule has 1 fully saturated rings. The van der Waals surface area contributed by atoms with Crippen LogP contribution in [0.15, 0.2) is 42.9 Å². The summed E-state index contributed by atoms with van der Waals surface area (Å²) in [5, 5.41) is 4.08. The predicted octanol–water partition coefficient (Wildman–Crippen LogP) is 3.78. The summed E-state index contributed by atoms with van der Waals surface area (Å²) < 4.78 is 40.6. The number of nitrogens with zero attached hydrogens (tertiary/aromatic N) is 3. The summed E-state index contributed by atoms with van der Waals surface area (Å²) in [5.41, 5.74) is 1.49. The van der Waals surface area contributed by atoms with Gasteiger partial charge in [0.25, 0.3) is 0 Å². The number of hydrogen-bond donors (Lipinski definition) is 0. The SMILES string of the molecule is Cc1cc([C@H]2CCCCCN2S(=O)(=O)c2ccc3c(c2)oc(=O)n3C(C)C)no1. The maximum atomic E-state index is 13.5. The summed E-state index contributed by atoms with van der Waals surface area (Å²) in [6.45, 7) is 5.96. The van der Waals surface area contributed by atoms with Crippen molar-refractivity contribution < 1.29 is 17.4 Å². The maximum absolute atomic E-state index is 13.5. The van der Waals surface area contributed by atoms with E-state index in [1.165, 1.54) is 14.9 Å². The number of fused-ring (bicyclic) bond motifs is 1. The number of sulfonamides is 1. The van der Waals surface area contributed by atoms with Gasteiger partial charge in [0.2, 0.25) is 10.0 Å². The highest BCUT2D eigenvalue weighted by molar-refractivity contribution is 7.89. The van der Waals surface area contributed by atoms with Gasteiger partial charge < -0.3 is 8.94 Å². The average Bonchev–Trinajstić information content (AvgIpc) is 3.13. The summed E-state index contributed by atoms with van der Waals surface area (Å²) in [6.07, 6.45) is 3.36. The van der Waals surface area contributed by atoms with Gasteiger partial charge in [-0.05, 0) is 45.7 Å². The Morgan fingerprint density at radius 3 is 2.66 bits per heavy atom. The van der Waals surface area contributed by atoms with Crippen LogP contribution in [0.4, 0.5) is 0 Å². The summed E-state index contributed by atoms with van der Waals surface area (Å²) in [5.74, 6) is 0.162. The minimum Gasteiger partial charge on any atom is -0.408 e. The molecule has 1 atom stereocenters. The maximum Gasteiger partial charge on any atom is 0.420 e. The zero-order valence-electron chi connectivity index (χ0n) is 16.8. The van der Waals surface area contributed by atoms with Crippen molar-refractivity contribution in [2.75, 3.05) is 6.54 Å². The third-order valence-electron chi connectivity index (χ3n) is 5.40.